The number of aryl methyl sites for hydroxylation is 1. The van der Waals surface area contributed by atoms with Crippen LogP contribution in [-0.2, 0) is 13.2 Å². The lowest BCUT2D eigenvalue weighted by atomic mass is 9.82. The van der Waals surface area contributed by atoms with E-state index in [9.17, 15) is 18.0 Å². The lowest BCUT2D eigenvalue weighted by molar-refractivity contribution is -0.137. The highest BCUT2D eigenvalue weighted by atomic mass is 19.4. The van der Waals surface area contributed by atoms with Crippen molar-refractivity contribution in [3.63, 3.8) is 0 Å². The van der Waals surface area contributed by atoms with Crippen LogP contribution in [0.25, 0.3) is 17.3 Å². The number of benzene rings is 1. The third-order valence-electron chi connectivity index (χ3n) is 7.14. The number of hydrogen-bond donors (Lipinski definition) is 1. The highest BCUT2D eigenvalue weighted by Crippen LogP contribution is 2.46. The quantitative estimate of drug-likeness (QED) is 0.365. The number of allylic oxidation sites excluding steroid dienone is 1. The number of halogens is 3. The lowest BCUT2D eigenvalue weighted by Crippen LogP contribution is -2.19. The van der Waals surface area contributed by atoms with Crippen LogP contribution in [0.15, 0.2) is 40.9 Å². The summed E-state index contributed by atoms with van der Waals surface area (Å²) in [6, 6.07) is 6.90. The summed E-state index contributed by atoms with van der Waals surface area (Å²) in [4.78, 5) is 11.1. The van der Waals surface area contributed by atoms with E-state index in [0.29, 0.717) is 35.6 Å². The van der Waals surface area contributed by atoms with Gasteiger partial charge < -0.3 is 14.4 Å². The molecule has 2 heterocycles. The Morgan fingerprint density at radius 1 is 1.19 bits per heavy atom. The second-order valence-corrected chi connectivity index (χ2v) is 9.87. The molecule has 2 aliphatic carbocycles. The fourth-order valence-electron chi connectivity index (χ4n) is 4.91. The first-order valence-electron chi connectivity index (χ1n) is 12.4. The highest BCUT2D eigenvalue weighted by molar-refractivity contribution is 5.85. The van der Waals surface area contributed by atoms with Crippen molar-refractivity contribution < 1.29 is 32.3 Å². The minimum atomic E-state index is -4.48. The number of aromatic nitrogens is 3. The molecule has 1 N–H and O–H groups in total. The van der Waals surface area contributed by atoms with Crippen molar-refractivity contribution in [2.24, 2.45) is 18.9 Å². The Morgan fingerprint density at radius 3 is 2.57 bits per heavy atom. The zero-order chi connectivity index (χ0) is 26.2. The van der Waals surface area contributed by atoms with E-state index in [1.54, 1.807) is 13.1 Å². The summed E-state index contributed by atoms with van der Waals surface area (Å²) in [5, 5.41) is 17.1. The Hall–Kier alpha value is -3.56. The van der Waals surface area contributed by atoms with E-state index in [1.807, 2.05) is 6.08 Å². The van der Waals surface area contributed by atoms with E-state index in [2.05, 4.69) is 16.3 Å². The van der Waals surface area contributed by atoms with Gasteiger partial charge in [-0.3, -0.25) is 0 Å². The Kier molecular flexibility index (Phi) is 6.83. The summed E-state index contributed by atoms with van der Waals surface area (Å²) in [7, 11) is 1.64. The molecule has 7 nitrogen and oxygen atoms in total. The summed E-state index contributed by atoms with van der Waals surface area (Å²) in [5.41, 5.74) is 0.153. The molecule has 2 aliphatic rings. The molecule has 5 rings (SSSR count). The van der Waals surface area contributed by atoms with Crippen molar-refractivity contribution in [3.05, 3.63) is 59.0 Å². The van der Waals surface area contributed by atoms with Crippen molar-refractivity contribution in [2.75, 3.05) is 6.61 Å². The average molecular weight is 516 g/mol. The van der Waals surface area contributed by atoms with E-state index < -0.39 is 17.7 Å². The first kappa shape index (κ1) is 25.1. The zero-order valence-corrected chi connectivity index (χ0v) is 20.4. The molecule has 37 heavy (non-hydrogen) atoms. The van der Waals surface area contributed by atoms with Gasteiger partial charge in [0, 0.05) is 30.2 Å². The fraction of sp³-hybridized carbons (Fsp3) is 0.444. The van der Waals surface area contributed by atoms with E-state index in [0.717, 1.165) is 44.6 Å². The molecule has 0 radical (unpaired) electrons. The van der Waals surface area contributed by atoms with Gasteiger partial charge in [0.1, 0.15) is 11.5 Å². The molecule has 2 aromatic heterocycles. The minimum absolute atomic E-state index is 0.0346. The summed E-state index contributed by atoms with van der Waals surface area (Å²) < 4.78 is 53.8. The number of aromatic carboxylic acids is 1. The molecule has 0 amide bonds. The molecular formula is C27H28F3N3O4. The van der Waals surface area contributed by atoms with Crippen LogP contribution in [0.5, 0.6) is 5.88 Å². The van der Waals surface area contributed by atoms with Gasteiger partial charge in [0.25, 0.3) is 0 Å². The molecule has 0 atom stereocenters. The first-order valence-corrected chi connectivity index (χ1v) is 12.4. The number of carbonyl (C=O) groups is 1. The predicted octanol–water partition coefficient (Wildman–Crippen LogP) is 6.57. The van der Waals surface area contributed by atoms with Crippen LogP contribution < -0.4 is 4.74 Å². The Morgan fingerprint density at radius 2 is 1.92 bits per heavy atom. The van der Waals surface area contributed by atoms with Gasteiger partial charge >= 0.3 is 12.1 Å². The van der Waals surface area contributed by atoms with Crippen molar-refractivity contribution in [2.45, 2.75) is 50.6 Å². The Balaban J connectivity index is 1.26. The Bertz CT molecular complexity index is 1300. The van der Waals surface area contributed by atoms with Gasteiger partial charge in [0.15, 0.2) is 5.69 Å². The molecule has 1 aromatic carbocycles. The summed E-state index contributed by atoms with van der Waals surface area (Å²) in [6.45, 7) is 0.477. The lowest BCUT2D eigenvalue weighted by Gasteiger charge is -2.26. The molecule has 0 saturated heterocycles. The van der Waals surface area contributed by atoms with Crippen molar-refractivity contribution in [1.29, 1.82) is 0 Å². The zero-order valence-electron chi connectivity index (χ0n) is 20.4. The Labute approximate surface area is 211 Å². The number of carboxylic acid groups (broad SMARTS) is 1. The summed E-state index contributed by atoms with van der Waals surface area (Å²) in [6.07, 6.45) is 5.11. The van der Waals surface area contributed by atoms with Crippen molar-refractivity contribution in [3.8, 4) is 17.1 Å². The SMILES string of the molecule is Cn1nc(C(=O)O)cc1OCC1CCC(/C=C/c2c(-c3ccccc3C(F)(F)F)noc2C2CC2)CC1. The van der Waals surface area contributed by atoms with Crippen LogP contribution in [0.4, 0.5) is 13.2 Å². The number of alkyl halides is 3. The minimum Gasteiger partial charge on any atom is -0.478 e. The van der Waals surface area contributed by atoms with Crippen LogP contribution in [0.2, 0.25) is 0 Å². The highest BCUT2D eigenvalue weighted by Gasteiger charge is 2.37. The van der Waals surface area contributed by atoms with Gasteiger partial charge in [-0.1, -0.05) is 35.5 Å². The molecule has 0 spiro atoms. The average Bonchev–Trinajstić information content (AvgIpc) is 3.52. The van der Waals surface area contributed by atoms with Gasteiger partial charge in [-0.2, -0.15) is 18.3 Å². The summed E-state index contributed by atoms with van der Waals surface area (Å²) >= 11 is 0. The summed E-state index contributed by atoms with van der Waals surface area (Å²) in [5.74, 6) is 0.827. The fourth-order valence-corrected chi connectivity index (χ4v) is 4.91. The standard InChI is InChI=1S/C27H28F3N3O4/c1-33-23(14-22(31-33)26(34)35)36-15-17-8-6-16(7-9-17)10-13-20-24(32-37-25(20)18-11-12-18)19-4-2-3-5-21(19)27(28,29)30/h2-5,10,13-14,16-18H,6-9,11-12,15H2,1H3,(H,34,35)/b13-10+. The van der Waals surface area contributed by atoms with E-state index in [-0.39, 0.29) is 22.9 Å². The van der Waals surface area contributed by atoms with Crippen LogP contribution in [0, 0.1) is 11.8 Å². The maximum atomic E-state index is 13.7. The second kappa shape index (κ2) is 10.1. The maximum absolute atomic E-state index is 13.7. The number of carboxylic acids is 1. The third kappa shape index (κ3) is 5.57. The maximum Gasteiger partial charge on any atom is 0.417 e. The topological polar surface area (TPSA) is 90.4 Å². The smallest absolute Gasteiger partial charge is 0.417 e. The third-order valence-corrected chi connectivity index (χ3v) is 7.14. The number of hydrogen-bond acceptors (Lipinski definition) is 5. The molecular weight excluding hydrogens is 487 g/mol. The number of nitrogens with zero attached hydrogens (tertiary/aromatic N) is 3. The van der Waals surface area contributed by atoms with Gasteiger partial charge in [-0.05, 0) is 56.4 Å². The van der Waals surface area contributed by atoms with Gasteiger partial charge in [-0.25, -0.2) is 9.48 Å². The van der Waals surface area contributed by atoms with Crippen LogP contribution in [0.3, 0.4) is 0 Å². The monoisotopic (exact) mass is 515 g/mol. The van der Waals surface area contributed by atoms with Crippen molar-refractivity contribution in [1.82, 2.24) is 14.9 Å². The second-order valence-electron chi connectivity index (χ2n) is 9.87. The van der Waals surface area contributed by atoms with Gasteiger partial charge in [-0.15, -0.1) is 0 Å². The molecule has 3 aromatic rings. The molecule has 0 bridgehead atoms. The van der Waals surface area contributed by atoms with E-state index >= 15 is 0 Å². The van der Waals surface area contributed by atoms with Crippen LogP contribution in [0.1, 0.15) is 71.8 Å². The van der Waals surface area contributed by atoms with Gasteiger partial charge in [0.05, 0.1) is 12.2 Å². The van der Waals surface area contributed by atoms with E-state index in [4.69, 9.17) is 14.4 Å². The largest absolute Gasteiger partial charge is 0.478 e. The predicted molar refractivity (Wildman–Crippen MR) is 129 cm³/mol. The number of rotatable bonds is 8. The van der Waals surface area contributed by atoms with Crippen LogP contribution in [-0.4, -0.2) is 32.6 Å². The molecule has 196 valence electrons. The molecule has 2 saturated carbocycles. The molecule has 2 fully saturated rings. The van der Waals surface area contributed by atoms with Gasteiger partial charge in [0.2, 0.25) is 5.88 Å². The molecule has 10 heteroatoms. The van der Waals surface area contributed by atoms with Crippen molar-refractivity contribution >= 4 is 12.0 Å². The first-order chi connectivity index (χ1) is 17.7. The number of ether oxygens (including phenoxy) is 1. The molecule has 0 unspecified atom stereocenters. The van der Waals surface area contributed by atoms with E-state index in [1.165, 1.54) is 22.9 Å². The normalized spacial score (nSPS) is 20.4. The van der Waals surface area contributed by atoms with Crippen LogP contribution >= 0.6 is 0 Å². The molecule has 0 aliphatic heterocycles.